The lowest BCUT2D eigenvalue weighted by Gasteiger charge is -2.25. The Hall–Kier alpha value is -0.480. The third-order valence-electron chi connectivity index (χ3n) is 3.60. The number of aryl methyl sites for hydroxylation is 2. The SMILES string of the molecule is Cc1nn(C)cc1C(C)NCC1(C)CCCS1. The van der Waals surface area contributed by atoms with Gasteiger partial charge in [-0.1, -0.05) is 0 Å². The van der Waals surface area contributed by atoms with Gasteiger partial charge in [0.25, 0.3) is 0 Å². The fourth-order valence-electron chi connectivity index (χ4n) is 2.50. The summed E-state index contributed by atoms with van der Waals surface area (Å²) >= 11 is 2.11. The minimum absolute atomic E-state index is 0.390. The molecule has 1 aromatic heterocycles. The summed E-state index contributed by atoms with van der Waals surface area (Å²) in [5, 5.41) is 8.06. The molecule has 0 saturated carbocycles. The molecule has 1 N–H and O–H groups in total. The molecule has 1 saturated heterocycles. The average Bonchev–Trinajstić information content (AvgIpc) is 2.83. The van der Waals surface area contributed by atoms with Gasteiger partial charge in [-0.3, -0.25) is 4.68 Å². The largest absolute Gasteiger partial charge is 0.309 e. The van der Waals surface area contributed by atoms with Crippen LogP contribution in [-0.2, 0) is 7.05 Å². The van der Waals surface area contributed by atoms with Crippen LogP contribution in [0.4, 0.5) is 0 Å². The Bertz CT molecular complexity index is 380. The Morgan fingerprint density at radius 3 is 2.94 bits per heavy atom. The molecule has 0 amide bonds. The van der Waals surface area contributed by atoms with Crippen molar-refractivity contribution in [3.8, 4) is 0 Å². The maximum absolute atomic E-state index is 4.40. The van der Waals surface area contributed by atoms with Crippen molar-refractivity contribution in [2.45, 2.75) is 44.4 Å². The second-order valence-corrected chi connectivity index (χ2v) is 7.03. The van der Waals surface area contributed by atoms with Crippen molar-refractivity contribution in [1.29, 1.82) is 0 Å². The molecule has 2 atom stereocenters. The van der Waals surface area contributed by atoms with Gasteiger partial charge in [-0.25, -0.2) is 0 Å². The highest BCUT2D eigenvalue weighted by atomic mass is 32.2. The van der Waals surface area contributed by atoms with E-state index in [2.05, 4.69) is 49.1 Å². The lowest BCUT2D eigenvalue weighted by atomic mass is 10.0. The van der Waals surface area contributed by atoms with Crippen LogP contribution in [0.1, 0.15) is 44.0 Å². The lowest BCUT2D eigenvalue weighted by molar-refractivity contribution is 0.489. The zero-order chi connectivity index (χ0) is 12.5. The summed E-state index contributed by atoms with van der Waals surface area (Å²) in [4.78, 5) is 0. The molecule has 0 aromatic carbocycles. The number of hydrogen-bond acceptors (Lipinski definition) is 3. The number of aromatic nitrogens is 2. The van der Waals surface area contributed by atoms with Gasteiger partial charge in [-0.05, 0) is 39.4 Å². The molecule has 3 nitrogen and oxygen atoms in total. The van der Waals surface area contributed by atoms with Crippen LogP contribution < -0.4 is 5.32 Å². The molecule has 0 radical (unpaired) electrons. The Kier molecular flexibility index (Phi) is 3.83. The molecule has 2 unspecified atom stereocenters. The molecule has 0 aliphatic carbocycles. The fraction of sp³-hybridized carbons (Fsp3) is 0.769. The van der Waals surface area contributed by atoms with E-state index in [1.54, 1.807) is 0 Å². The first kappa shape index (κ1) is 13.0. The maximum atomic E-state index is 4.40. The van der Waals surface area contributed by atoms with E-state index in [0.29, 0.717) is 10.8 Å². The number of nitrogens with zero attached hydrogens (tertiary/aromatic N) is 2. The van der Waals surface area contributed by atoms with Gasteiger partial charge in [0.2, 0.25) is 0 Å². The van der Waals surface area contributed by atoms with E-state index in [9.17, 15) is 0 Å². The Morgan fingerprint density at radius 2 is 2.41 bits per heavy atom. The highest BCUT2D eigenvalue weighted by Crippen LogP contribution is 2.37. The minimum atomic E-state index is 0.390. The van der Waals surface area contributed by atoms with E-state index in [4.69, 9.17) is 0 Å². The van der Waals surface area contributed by atoms with Crippen LogP contribution in [0.2, 0.25) is 0 Å². The van der Waals surface area contributed by atoms with Crippen LogP contribution in [0.5, 0.6) is 0 Å². The summed E-state index contributed by atoms with van der Waals surface area (Å²) in [5.41, 5.74) is 2.45. The maximum Gasteiger partial charge on any atom is 0.0641 e. The Labute approximate surface area is 108 Å². The molecule has 1 aliphatic heterocycles. The summed E-state index contributed by atoms with van der Waals surface area (Å²) in [6, 6.07) is 0.390. The third kappa shape index (κ3) is 3.05. The van der Waals surface area contributed by atoms with Crippen LogP contribution in [0.3, 0.4) is 0 Å². The van der Waals surface area contributed by atoms with Gasteiger partial charge >= 0.3 is 0 Å². The molecule has 1 aromatic rings. The lowest BCUT2D eigenvalue weighted by Crippen LogP contribution is -2.34. The Morgan fingerprint density at radius 1 is 1.65 bits per heavy atom. The molecule has 17 heavy (non-hydrogen) atoms. The monoisotopic (exact) mass is 253 g/mol. The van der Waals surface area contributed by atoms with E-state index < -0.39 is 0 Å². The van der Waals surface area contributed by atoms with Crippen LogP contribution in [0.15, 0.2) is 6.20 Å². The van der Waals surface area contributed by atoms with Gasteiger partial charge in [0.15, 0.2) is 0 Å². The summed E-state index contributed by atoms with van der Waals surface area (Å²) in [6.45, 7) is 7.78. The van der Waals surface area contributed by atoms with Crippen molar-refractivity contribution in [2.24, 2.45) is 7.05 Å². The van der Waals surface area contributed by atoms with Crippen LogP contribution in [-0.4, -0.2) is 26.8 Å². The highest BCUT2D eigenvalue weighted by molar-refractivity contribution is 8.00. The fourth-order valence-corrected chi connectivity index (χ4v) is 3.75. The molecule has 0 bridgehead atoms. The second-order valence-electron chi connectivity index (χ2n) is 5.35. The topological polar surface area (TPSA) is 29.9 Å². The summed E-state index contributed by atoms with van der Waals surface area (Å²) in [7, 11) is 1.98. The number of hydrogen-bond donors (Lipinski definition) is 1. The van der Waals surface area contributed by atoms with Gasteiger partial charge in [-0.15, -0.1) is 0 Å². The Balaban J connectivity index is 1.93. The van der Waals surface area contributed by atoms with Crippen molar-refractivity contribution in [1.82, 2.24) is 15.1 Å². The molecule has 2 rings (SSSR count). The number of nitrogens with one attached hydrogen (secondary N) is 1. The zero-order valence-corrected chi connectivity index (χ0v) is 12.1. The van der Waals surface area contributed by atoms with E-state index in [-0.39, 0.29) is 0 Å². The molecule has 4 heteroatoms. The molecule has 96 valence electrons. The first-order valence-electron chi connectivity index (χ1n) is 6.38. The standard InChI is InChI=1S/C13H23N3S/c1-10(12-8-16(4)15-11(12)2)14-9-13(3)6-5-7-17-13/h8,10,14H,5-7,9H2,1-4H3. The minimum Gasteiger partial charge on any atom is -0.309 e. The van der Waals surface area contributed by atoms with Gasteiger partial charge in [-0.2, -0.15) is 16.9 Å². The molecule has 1 fully saturated rings. The van der Waals surface area contributed by atoms with E-state index in [1.807, 2.05) is 11.7 Å². The summed E-state index contributed by atoms with van der Waals surface area (Å²) < 4.78 is 2.33. The van der Waals surface area contributed by atoms with Crippen molar-refractivity contribution < 1.29 is 0 Å². The van der Waals surface area contributed by atoms with E-state index in [1.165, 1.54) is 24.2 Å². The normalized spacial score (nSPS) is 26.4. The van der Waals surface area contributed by atoms with E-state index >= 15 is 0 Å². The van der Waals surface area contributed by atoms with Crippen molar-refractivity contribution in [2.75, 3.05) is 12.3 Å². The first-order chi connectivity index (χ1) is 8.00. The molecule has 2 heterocycles. The molecule has 1 aliphatic rings. The third-order valence-corrected chi connectivity index (χ3v) is 5.14. The second kappa shape index (κ2) is 5.02. The summed E-state index contributed by atoms with van der Waals surface area (Å²) in [6.07, 6.45) is 4.82. The highest BCUT2D eigenvalue weighted by Gasteiger charge is 2.29. The van der Waals surface area contributed by atoms with Gasteiger partial charge in [0.05, 0.1) is 5.69 Å². The van der Waals surface area contributed by atoms with Crippen molar-refractivity contribution in [3.05, 3.63) is 17.5 Å². The number of thioether (sulfide) groups is 1. The van der Waals surface area contributed by atoms with Gasteiger partial charge in [0.1, 0.15) is 0 Å². The predicted octanol–water partition coefficient (Wildman–Crippen LogP) is 2.66. The smallest absolute Gasteiger partial charge is 0.0641 e. The van der Waals surface area contributed by atoms with Crippen LogP contribution in [0, 0.1) is 6.92 Å². The van der Waals surface area contributed by atoms with E-state index in [0.717, 1.165) is 12.2 Å². The number of rotatable bonds is 4. The van der Waals surface area contributed by atoms with Gasteiger partial charge in [0, 0.05) is 36.1 Å². The summed E-state index contributed by atoms with van der Waals surface area (Å²) in [5.74, 6) is 1.32. The van der Waals surface area contributed by atoms with Gasteiger partial charge < -0.3 is 5.32 Å². The predicted molar refractivity (Wildman–Crippen MR) is 74.5 cm³/mol. The van der Waals surface area contributed by atoms with Crippen LogP contribution >= 0.6 is 11.8 Å². The van der Waals surface area contributed by atoms with Crippen molar-refractivity contribution in [3.63, 3.8) is 0 Å². The average molecular weight is 253 g/mol. The zero-order valence-electron chi connectivity index (χ0n) is 11.3. The van der Waals surface area contributed by atoms with Crippen LogP contribution in [0.25, 0.3) is 0 Å². The molecular weight excluding hydrogens is 230 g/mol. The quantitative estimate of drug-likeness (QED) is 0.894. The first-order valence-corrected chi connectivity index (χ1v) is 7.36. The van der Waals surface area contributed by atoms with Crippen molar-refractivity contribution >= 4 is 11.8 Å². The molecular formula is C13H23N3S. The molecule has 0 spiro atoms.